The number of aliphatic carboxylic acids is 1. The Labute approximate surface area is 116 Å². The highest BCUT2D eigenvalue weighted by atomic mass is 32.2. The van der Waals surface area contributed by atoms with Gasteiger partial charge in [-0.1, -0.05) is 30.3 Å². The first kappa shape index (κ1) is 13.9. The molecular weight excluding hydrogens is 262 g/mol. The van der Waals surface area contributed by atoms with Crippen LogP contribution in [0.5, 0.6) is 0 Å². The Balaban J connectivity index is 1.88. The molecule has 1 aliphatic heterocycles. The summed E-state index contributed by atoms with van der Waals surface area (Å²) in [5.41, 5.74) is 0.0288. The van der Waals surface area contributed by atoms with E-state index in [4.69, 9.17) is 0 Å². The number of rotatable bonds is 5. The number of aryl methyl sites for hydroxylation is 1. The van der Waals surface area contributed by atoms with E-state index in [1.165, 1.54) is 0 Å². The molecule has 1 heterocycles. The number of amides is 1. The Bertz CT molecular complexity index is 455. The molecule has 0 unspecified atom stereocenters. The molecule has 1 atom stereocenters. The highest BCUT2D eigenvalue weighted by molar-refractivity contribution is 7.99. The standard InChI is InChI=1S/C14H17NO3S/c16-12(7-6-11-4-2-1-3-5-11)15-14(13(17)18)8-9-19-10-14/h1-5H,6-10H2,(H,15,16)(H,17,18)/t14-/m1/s1. The zero-order chi connectivity index (χ0) is 13.7. The molecule has 2 rings (SSSR count). The Morgan fingerprint density at radius 3 is 2.63 bits per heavy atom. The minimum Gasteiger partial charge on any atom is -0.479 e. The number of nitrogens with one attached hydrogen (secondary N) is 1. The van der Waals surface area contributed by atoms with Crippen molar-refractivity contribution in [3.05, 3.63) is 35.9 Å². The largest absolute Gasteiger partial charge is 0.479 e. The molecule has 1 amide bonds. The van der Waals surface area contributed by atoms with Gasteiger partial charge in [0.15, 0.2) is 0 Å². The van der Waals surface area contributed by atoms with Gasteiger partial charge in [-0.3, -0.25) is 4.79 Å². The quantitative estimate of drug-likeness (QED) is 0.861. The number of carbonyl (C=O) groups is 2. The molecule has 0 radical (unpaired) electrons. The van der Waals surface area contributed by atoms with Gasteiger partial charge in [0.25, 0.3) is 0 Å². The van der Waals surface area contributed by atoms with Crippen LogP contribution in [0.1, 0.15) is 18.4 Å². The SMILES string of the molecule is O=C(CCc1ccccc1)N[C@]1(C(=O)O)CCSC1. The van der Waals surface area contributed by atoms with Crippen LogP contribution in [0.15, 0.2) is 30.3 Å². The predicted molar refractivity (Wildman–Crippen MR) is 75.2 cm³/mol. The maximum absolute atomic E-state index is 11.9. The van der Waals surface area contributed by atoms with Gasteiger partial charge < -0.3 is 10.4 Å². The van der Waals surface area contributed by atoms with Crippen LogP contribution in [-0.4, -0.2) is 34.0 Å². The van der Waals surface area contributed by atoms with Crippen molar-refractivity contribution in [1.29, 1.82) is 0 Å². The fourth-order valence-corrected chi connectivity index (χ4v) is 3.44. The summed E-state index contributed by atoms with van der Waals surface area (Å²) in [6.07, 6.45) is 1.46. The van der Waals surface area contributed by atoms with E-state index < -0.39 is 11.5 Å². The summed E-state index contributed by atoms with van der Waals surface area (Å²) in [6.45, 7) is 0. The van der Waals surface area contributed by atoms with Gasteiger partial charge in [0.05, 0.1) is 0 Å². The van der Waals surface area contributed by atoms with Gasteiger partial charge in [0.2, 0.25) is 5.91 Å². The molecule has 0 aliphatic carbocycles. The second-order valence-electron chi connectivity index (χ2n) is 4.72. The lowest BCUT2D eigenvalue weighted by Gasteiger charge is -2.24. The van der Waals surface area contributed by atoms with Crippen LogP contribution in [0, 0.1) is 0 Å². The third kappa shape index (κ3) is 3.50. The summed E-state index contributed by atoms with van der Waals surface area (Å²) in [6, 6.07) is 9.72. The van der Waals surface area contributed by atoms with E-state index >= 15 is 0 Å². The molecule has 0 spiro atoms. The smallest absolute Gasteiger partial charge is 0.330 e. The van der Waals surface area contributed by atoms with E-state index in [1.54, 1.807) is 11.8 Å². The van der Waals surface area contributed by atoms with Crippen molar-refractivity contribution in [3.63, 3.8) is 0 Å². The van der Waals surface area contributed by atoms with Crippen LogP contribution in [0.25, 0.3) is 0 Å². The number of carboxylic acid groups (broad SMARTS) is 1. The van der Waals surface area contributed by atoms with Crippen LogP contribution >= 0.6 is 11.8 Å². The summed E-state index contributed by atoms with van der Waals surface area (Å²) in [5.74, 6) is 0.129. The van der Waals surface area contributed by atoms with E-state index in [2.05, 4.69) is 5.32 Å². The number of thioether (sulfide) groups is 1. The van der Waals surface area contributed by atoms with Gasteiger partial charge in [0, 0.05) is 12.2 Å². The van der Waals surface area contributed by atoms with Gasteiger partial charge in [-0.05, 0) is 24.2 Å². The average Bonchev–Trinajstić information content (AvgIpc) is 2.87. The average molecular weight is 279 g/mol. The van der Waals surface area contributed by atoms with Crippen LogP contribution in [0.2, 0.25) is 0 Å². The molecule has 4 nitrogen and oxygen atoms in total. The van der Waals surface area contributed by atoms with E-state index in [0.29, 0.717) is 25.0 Å². The van der Waals surface area contributed by atoms with E-state index in [0.717, 1.165) is 11.3 Å². The zero-order valence-electron chi connectivity index (χ0n) is 10.6. The first-order valence-electron chi connectivity index (χ1n) is 6.28. The van der Waals surface area contributed by atoms with Crippen LogP contribution in [-0.2, 0) is 16.0 Å². The lowest BCUT2D eigenvalue weighted by atomic mass is 9.98. The summed E-state index contributed by atoms with van der Waals surface area (Å²) in [5, 5.41) is 12.0. The lowest BCUT2D eigenvalue weighted by molar-refractivity contribution is -0.146. The second-order valence-corrected chi connectivity index (χ2v) is 5.83. The van der Waals surface area contributed by atoms with Crippen molar-refractivity contribution in [1.82, 2.24) is 5.32 Å². The second kappa shape index (κ2) is 6.10. The normalized spacial score (nSPS) is 22.1. The monoisotopic (exact) mass is 279 g/mol. The Hall–Kier alpha value is -1.49. The Kier molecular flexibility index (Phi) is 4.47. The van der Waals surface area contributed by atoms with Crippen LogP contribution in [0.4, 0.5) is 0 Å². The first-order valence-corrected chi connectivity index (χ1v) is 7.44. The maximum atomic E-state index is 11.9. The van der Waals surface area contributed by atoms with Crippen LogP contribution < -0.4 is 5.32 Å². The maximum Gasteiger partial charge on any atom is 0.330 e. The molecule has 5 heteroatoms. The summed E-state index contributed by atoms with van der Waals surface area (Å²) < 4.78 is 0. The minimum atomic E-state index is -1.06. The van der Waals surface area contributed by atoms with Gasteiger partial charge in [-0.15, -0.1) is 0 Å². The number of carboxylic acids is 1. The molecule has 0 bridgehead atoms. The molecule has 102 valence electrons. The molecule has 1 aliphatic rings. The number of hydrogen-bond acceptors (Lipinski definition) is 3. The highest BCUT2D eigenvalue weighted by Gasteiger charge is 2.43. The summed E-state index contributed by atoms with van der Waals surface area (Å²) in [7, 11) is 0. The molecule has 2 N–H and O–H groups in total. The Morgan fingerprint density at radius 1 is 1.32 bits per heavy atom. The van der Waals surface area contributed by atoms with Crippen molar-refractivity contribution in [3.8, 4) is 0 Å². The van der Waals surface area contributed by atoms with E-state index in [1.807, 2.05) is 30.3 Å². The van der Waals surface area contributed by atoms with Crippen LogP contribution in [0.3, 0.4) is 0 Å². The molecule has 1 aromatic carbocycles. The molecule has 1 aromatic rings. The zero-order valence-corrected chi connectivity index (χ0v) is 11.4. The van der Waals surface area contributed by atoms with Crippen molar-refractivity contribution in [2.24, 2.45) is 0 Å². The van der Waals surface area contributed by atoms with Gasteiger partial charge in [-0.25, -0.2) is 4.79 Å². The highest BCUT2D eigenvalue weighted by Crippen LogP contribution is 2.28. The van der Waals surface area contributed by atoms with Crippen molar-refractivity contribution in [2.75, 3.05) is 11.5 Å². The van der Waals surface area contributed by atoms with E-state index in [9.17, 15) is 14.7 Å². The predicted octanol–water partition coefficient (Wildman–Crippen LogP) is 1.70. The summed E-state index contributed by atoms with van der Waals surface area (Å²) >= 11 is 1.57. The molecule has 1 saturated heterocycles. The molecule has 1 fully saturated rings. The lowest BCUT2D eigenvalue weighted by Crippen LogP contribution is -2.54. The van der Waals surface area contributed by atoms with Crippen molar-refractivity contribution < 1.29 is 14.7 Å². The van der Waals surface area contributed by atoms with Gasteiger partial charge in [0.1, 0.15) is 5.54 Å². The fourth-order valence-electron chi connectivity index (χ4n) is 2.12. The van der Waals surface area contributed by atoms with E-state index in [-0.39, 0.29) is 5.91 Å². The van der Waals surface area contributed by atoms with Crippen molar-refractivity contribution >= 4 is 23.6 Å². The van der Waals surface area contributed by atoms with Gasteiger partial charge in [-0.2, -0.15) is 11.8 Å². The molecule has 0 saturated carbocycles. The first-order chi connectivity index (χ1) is 9.12. The Morgan fingerprint density at radius 2 is 2.05 bits per heavy atom. The molecule has 0 aromatic heterocycles. The third-order valence-electron chi connectivity index (χ3n) is 3.29. The third-order valence-corrected chi connectivity index (χ3v) is 4.48. The number of hydrogen-bond donors (Lipinski definition) is 2. The number of benzene rings is 1. The fraction of sp³-hybridized carbons (Fsp3) is 0.429. The summed E-state index contributed by atoms with van der Waals surface area (Å²) in [4.78, 5) is 23.2. The molecule has 19 heavy (non-hydrogen) atoms. The van der Waals surface area contributed by atoms with Crippen molar-refractivity contribution in [2.45, 2.75) is 24.8 Å². The van der Waals surface area contributed by atoms with Gasteiger partial charge >= 0.3 is 5.97 Å². The minimum absolute atomic E-state index is 0.186. The molecular formula is C14H17NO3S. The number of carbonyl (C=O) groups excluding carboxylic acids is 1. The topological polar surface area (TPSA) is 66.4 Å².